The molecule has 0 fully saturated rings. The number of alkyl halides is 4. The summed E-state index contributed by atoms with van der Waals surface area (Å²) in [6.07, 6.45) is 5.85. The van der Waals surface area contributed by atoms with Crippen LogP contribution in [0.5, 0.6) is 0 Å². The number of ether oxygens (including phenoxy) is 1. The molecule has 1 unspecified atom stereocenters. The van der Waals surface area contributed by atoms with E-state index >= 15 is 0 Å². The first-order valence-corrected chi connectivity index (χ1v) is 8.49. The molecule has 12 heteroatoms. The van der Waals surface area contributed by atoms with Gasteiger partial charge in [-0.05, 0) is 34.5 Å². The van der Waals surface area contributed by atoms with E-state index in [1.165, 1.54) is 10.9 Å². The average Bonchev–Trinajstić information content (AvgIpc) is 3.29. The maximum atomic E-state index is 12.6. The summed E-state index contributed by atoms with van der Waals surface area (Å²) >= 11 is 3.28. The lowest BCUT2D eigenvalue weighted by Gasteiger charge is -2.17. The summed E-state index contributed by atoms with van der Waals surface area (Å²) in [6.45, 7) is -5.88. The molecule has 144 valence electrons. The standard InChI is InChI=1S/C15H13BrF4N6O/c16-10-1-2-11(21-6-10)13(3-4-27-15(19)20)25-7-9(5-22-25)12-8-26(14(17)18)24-23-12/h1-2,5-8,13-15H,3-4H2. The molecule has 3 rings (SSSR count). The van der Waals surface area contributed by atoms with Gasteiger partial charge in [-0.15, -0.1) is 5.10 Å². The number of hydrogen-bond donors (Lipinski definition) is 0. The summed E-state index contributed by atoms with van der Waals surface area (Å²) in [5.41, 5.74) is 1.26. The van der Waals surface area contributed by atoms with Gasteiger partial charge >= 0.3 is 13.2 Å². The van der Waals surface area contributed by atoms with E-state index in [9.17, 15) is 17.6 Å². The molecule has 3 heterocycles. The van der Waals surface area contributed by atoms with Gasteiger partial charge in [-0.2, -0.15) is 27.3 Å². The zero-order valence-electron chi connectivity index (χ0n) is 13.6. The molecule has 0 aliphatic rings. The van der Waals surface area contributed by atoms with E-state index in [4.69, 9.17) is 0 Å². The van der Waals surface area contributed by atoms with Crippen LogP contribution in [-0.4, -0.2) is 43.0 Å². The molecular weight excluding hydrogens is 436 g/mol. The molecule has 0 amide bonds. The molecular formula is C15H13BrF4N6O. The molecule has 0 bridgehead atoms. The third-order valence-electron chi connectivity index (χ3n) is 3.65. The second-order valence-electron chi connectivity index (χ2n) is 5.41. The van der Waals surface area contributed by atoms with Crippen LogP contribution in [0, 0.1) is 0 Å². The van der Waals surface area contributed by atoms with Crippen molar-refractivity contribution in [1.29, 1.82) is 0 Å². The van der Waals surface area contributed by atoms with Crippen LogP contribution < -0.4 is 0 Å². The Morgan fingerprint density at radius 2 is 1.89 bits per heavy atom. The van der Waals surface area contributed by atoms with E-state index in [0.29, 0.717) is 15.9 Å². The molecule has 0 aliphatic carbocycles. The first kappa shape index (κ1) is 19.4. The summed E-state index contributed by atoms with van der Waals surface area (Å²) < 4.78 is 56.9. The zero-order chi connectivity index (χ0) is 19.4. The number of hydrogen-bond acceptors (Lipinski definition) is 5. The Labute approximate surface area is 159 Å². The van der Waals surface area contributed by atoms with Gasteiger partial charge in [0.2, 0.25) is 0 Å². The minimum Gasteiger partial charge on any atom is -0.323 e. The smallest absolute Gasteiger partial charge is 0.323 e. The Hall–Kier alpha value is -2.34. The fourth-order valence-electron chi connectivity index (χ4n) is 2.41. The fraction of sp³-hybridized carbons (Fsp3) is 0.333. The maximum absolute atomic E-state index is 12.6. The molecule has 0 spiro atoms. The van der Waals surface area contributed by atoms with Gasteiger partial charge in [-0.3, -0.25) is 9.67 Å². The lowest BCUT2D eigenvalue weighted by atomic mass is 10.1. The molecule has 0 aliphatic heterocycles. The molecule has 0 radical (unpaired) electrons. The molecule has 27 heavy (non-hydrogen) atoms. The Bertz CT molecular complexity index is 869. The fourth-order valence-corrected chi connectivity index (χ4v) is 2.65. The Morgan fingerprint density at radius 1 is 1.07 bits per heavy atom. The second-order valence-corrected chi connectivity index (χ2v) is 6.32. The minimum atomic E-state index is -2.87. The molecule has 0 aromatic carbocycles. The van der Waals surface area contributed by atoms with Crippen molar-refractivity contribution in [1.82, 2.24) is 29.8 Å². The Morgan fingerprint density at radius 3 is 2.52 bits per heavy atom. The van der Waals surface area contributed by atoms with E-state index in [1.54, 1.807) is 24.5 Å². The van der Waals surface area contributed by atoms with Gasteiger partial charge in [0.15, 0.2) is 0 Å². The minimum absolute atomic E-state index is 0.184. The lowest BCUT2D eigenvalue weighted by Crippen LogP contribution is -2.16. The van der Waals surface area contributed by atoms with E-state index < -0.39 is 19.2 Å². The zero-order valence-corrected chi connectivity index (χ0v) is 15.2. The number of aromatic nitrogens is 6. The van der Waals surface area contributed by atoms with E-state index in [0.717, 1.165) is 10.7 Å². The van der Waals surface area contributed by atoms with Gasteiger partial charge in [0, 0.05) is 22.4 Å². The van der Waals surface area contributed by atoms with E-state index in [2.05, 4.69) is 41.1 Å². The van der Waals surface area contributed by atoms with Crippen molar-refractivity contribution < 1.29 is 22.3 Å². The van der Waals surface area contributed by atoms with Gasteiger partial charge in [0.05, 0.1) is 30.7 Å². The van der Waals surface area contributed by atoms with Gasteiger partial charge in [0.25, 0.3) is 0 Å². The summed E-state index contributed by atoms with van der Waals surface area (Å²) in [5, 5.41) is 11.2. The van der Waals surface area contributed by atoms with Crippen LogP contribution in [0.25, 0.3) is 11.3 Å². The summed E-state index contributed by atoms with van der Waals surface area (Å²) in [4.78, 5) is 4.28. The van der Waals surface area contributed by atoms with Crippen LogP contribution in [-0.2, 0) is 4.74 Å². The van der Waals surface area contributed by atoms with Crippen molar-refractivity contribution in [3.05, 3.63) is 47.1 Å². The summed E-state index contributed by atoms with van der Waals surface area (Å²) in [5.74, 6) is 0. The second kappa shape index (κ2) is 8.57. The van der Waals surface area contributed by atoms with Crippen molar-refractivity contribution in [3.8, 4) is 11.3 Å². The van der Waals surface area contributed by atoms with Crippen LogP contribution >= 0.6 is 15.9 Å². The summed E-state index contributed by atoms with van der Waals surface area (Å²) in [7, 11) is 0. The molecule has 0 N–H and O–H groups in total. The van der Waals surface area contributed by atoms with Crippen LogP contribution in [0.1, 0.15) is 24.7 Å². The van der Waals surface area contributed by atoms with Gasteiger partial charge in [0.1, 0.15) is 5.69 Å². The van der Waals surface area contributed by atoms with Gasteiger partial charge < -0.3 is 4.74 Å². The molecule has 0 saturated carbocycles. The van der Waals surface area contributed by atoms with Gasteiger partial charge in [-0.1, -0.05) is 5.21 Å². The quantitative estimate of drug-likeness (QED) is 0.488. The first-order chi connectivity index (χ1) is 12.9. The molecule has 7 nitrogen and oxygen atoms in total. The average molecular weight is 449 g/mol. The van der Waals surface area contributed by atoms with Crippen molar-refractivity contribution in [3.63, 3.8) is 0 Å². The first-order valence-electron chi connectivity index (χ1n) is 7.69. The molecule has 3 aromatic rings. The third-order valence-corrected chi connectivity index (χ3v) is 4.12. The highest BCUT2D eigenvalue weighted by molar-refractivity contribution is 9.10. The van der Waals surface area contributed by atoms with Crippen molar-refractivity contribution in [2.24, 2.45) is 0 Å². The number of nitrogens with zero attached hydrogens (tertiary/aromatic N) is 6. The molecule has 0 saturated heterocycles. The monoisotopic (exact) mass is 448 g/mol. The number of rotatable bonds is 8. The highest BCUT2D eigenvalue weighted by atomic mass is 79.9. The van der Waals surface area contributed by atoms with Crippen molar-refractivity contribution >= 4 is 15.9 Å². The summed E-state index contributed by atoms with van der Waals surface area (Å²) in [6, 6.07) is 3.00. The van der Waals surface area contributed by atoms with Crippen LogP contribution in [0.3, 0.4) is 0 Å². The van der Waals surface area contributed by atoms with Crippen LogP contribution in [0.4, 0.5) is 17.6 Å². The Balaban J connectivity index is 1.85. The molecule has 3 aromatic heterocycles. The Kier molecular flexibility index (Phi) is 6.16. The van der Waals surface area contributed by atoms with Gasteiger partial charge in [-0.25, -0.2) is 0 Å². The van der Waals surface area contributed by atoms with E-state index in [-0.39, 0.29) is 18.7 Å². The third kappa shape index (κ3) is 4.89. The molecule has 1 atom stereocenters. The number of halogens is 5. The topological polar surface area (TPSA) is 70.7 Å². The number of pyridine rings is 1. The highest BCUT2D eigenvalue weighted by Crippen LogP contribution is 2.25. The maximum Gasteiger partial charge on any atom is 0.345 e. The SMILES string of the molecule is FC(F)OCCC(c1ccc(Br)cn1)n1cc(-c2cn(C(F)F)nn2)cn1. The normalized spacial score (nSPS) is 12.9. The predicted molar refractivity (Wildman–Crippen MR) is 89.1 cm³/mol. The van der Waals surface area contributed by atoms with Crippen molar-refractivity contribution in [2.45, 2.75) is 25.6 Å². The predicted octanol–water partition coefficient (Wildman–Crippen LogP) is 3.91. The lowest BCUT2D eigenvalue weighted by molar-refractivity contribution is -0.130. The van der Waals surface area contributed by atoms with Crippen LogP contribution in [0.15, 0.2) is 41.4 Å². The van der Waals surface area contributed by atoms with Crippen LogP contribution in [0.2, 0.25) is 0 Å². The van der Waals surface area contributed by atoms with Crippen molar-refractivity contribution in [2.75, 3.05) is 6.61 Å². The highest BCUT2D eigenvalue weighted by Gasteiger charge is 2.19. The largest absolute Gasteiger partial charge is 0.345 e. The van der Waals surface area contributed by atoms with E-state index in [1.807, 2.05) is 0 Å².